The molecule has 0 fully saturated rings. The van der Waals surface area contributed by atoms with E-state index < -0.39 is 0 Å². The summed E-state index contributed by atoms with van der Waals surface area (Å²) in [4.78, 5) is 4.74. The van der Waals surface area contributed by atoms with Crippen molar-refractivity contribution < 1.29 is 0 Å². The molecular formula is C15H21N3. The lowest BCUT2D eigenvalue weighted by Crippen LogP contribution is -2.00. The second-order valence-electron chi connectivity index (χ2n) is 5.42. The first-order valence-corrected chi connectivity index (χ1v) is 6.48. The smallest absolute Gasteiger partial charge is 0.0568 e. The third kappa shape index (κ3) is 2.61. The van der Waals surface area contributed by atoms with Crippen molar-refractivity contribution in [2.24, 2.45) is 7.05 Å². The molecule has 0 spiro atoms. The molecule has 2 rings (SSSR count). The van der Waals surface area contributed by atoms with Crippen LogP contribution in [0.2, 0.25) is 0 Å². The molecule has 3 heteroatoms. The van der Waals surface area contributed by atoms with E-state index >= 15 is 0 Å². The average Bonchev–Trinajstić information content (AvgIpc) is 2.75. The van der Waals surface area contributed by atoms with Crippen molar-refractivity contribution >= 4 is 0 Å². The quantitative estimate of drug-likeness (QED) is 0.822. The molecule has 2 aromatic rings. The van der Waals surface area contributed by atoms with Crippen LogP contribution in [-0.4, -0.2) is 14.8 Å². The molecule has 0 saturated heterocycles. The molecule has 0 atom stereocenters. The van der Waals surface area contributed by atoms with E-state index in [9.17, 15) is 0 Å². The monoisotopic (exact) mass is 243 g/mol. The van der Waals surface area contributed by atoms with E-state index in [1.165, 1.54) is 5.56 Å². The number of pyridine rings is 1. The van der Waals surface area contributed by atoms with E-state index in [4.69, 9.17) is 4.98 Å². The van der Waals surface area contributed by atoms with Gasteiger partial charge in [0.2, 0.25) is 0 Å². The maximum Gasteiger partial charge on any atom is 0.0568 e. The van der Waals surface area contributed by atoms with Gasteiger partial charge in [-0.2, -0.15) is 5.10 Å². The Morgan fingerprint density at radius 2 is 1.50 bits per heavy atom. The van der Waals surface area contributed by atoms with Crippen LogP contribution < -0.4 is 0 Å². The van der Waals surface area contributed by atoms with Gasteiger partial charge < -0.3 is 0 Å². The molecule has 0 aromatic carbocycles. The SMILES string of the molecule is CC(C)c1cc(-c2cnn(C)c2)cc(C(C)C)n1. The van der Waals surface area contributed by atoms with Crippen LogP contribution in [-0.2, 0) is 7.05 Å². The predicted molar refractivity (Wildman–Crippen MR) is 74.6 cm³/mol. The zero-order chi connectivity index (χ0) is 13.3. The third-order valence-electron chi connectivity index (χ3n) is 3.09. The Morgan fingerprint density at radius 3 is 1.89 bits per heavy atom. The van der Waals surface area contributed by atoms with E-state index in [1.807, 2.05) is 24.1 Å². The van der Waals surface area contributed by atoms with Crippen molar-refractivity contribution in [1.82, 2.24) is 14.8 Å². The molecule has 96 valence electrons. The van der Waals surface area contributed by atoms with Crippen molar-refractivity contribution in [3.05, 3.63) is 35.9 Å². The van der Waals surface area contributed by atoms with Crippen LogP contribution in [0.3, 0.4) is 0 Å². The van der Waals surface area contributed by atoms with Crippen LogP contribution in [0, 0.1) is 0 Å². The molecular weight excluding hydrogens is 222 g/mol. The molecule has 18 heavy (non-hydrogen) atoms. The number of rotatable bonds is 3. The average molecular weight is 243 g/mol. The molecule has 0 radical (unpaired) electrons. The maximum atomic E-state index is 4.74. The van der Waals surface area contributed by atoms with Crippen LogP contribution in [0.5, 0.6) is 0 Å². The Balaban J connectivity index is 2.53. The molecule has 0 unspecified atom stereocenters. The van der Waals surface area contributed by atoms with Gasteiger partial charge in [0, 0.05) is 30.2 Å². The summed E-state index contributed by atoms with van der Waals surface area (Å²) < 4.78 is 1.83. The summed E-state index contributed by atoms with van der Waals surface area (Å²) in [5.74, 6) is 0.887. The highest BCUT2D eigenvalue weighted by atomic mass is 15.2. The van der Waals surface area contributed by atoms with Gasteiger partial charge in [0.1, 0.15) is 0 Å². The number of aromatic nitrogens is 3. The Labute approximate surface area is 109 Å². The van der Waals surface area contributed by atoms with Gasteiger partial charge in [-0.25, -0.2) is 0 Å². The van der Waals surface area contributed by atoms with Crippen LogP contribution >= 0.6 is 0 Å². The second-order valence-corrected chi connectivity index (χ2v) is 5.42. The minimum atomic E-state index is 0.444. The molecule has 0 aliphatic carbocycles. The fourth-order valence-corrected chi connectivity index (χ4v) is 1.90. The van der Waals surface area contributed by atoms with Gasteiger partial charge in [-0.05, 0) is 29.5 Å². The fourth-order valence-electron chi connectivity index (χ4n) is 1.90. The van der Waals surface area contributed by atoms with Crippen molar-refractivity contribution in [2.75, 3.05) is 0 Å². The number of hydrogen-bond donors (Lipinski definition) is 0. The summed E-state index contributed by atoms with van der Waals surface area (Å²) in [7, 11) is 1.94. The first kappa shape index (κ1) is 12.8. The highest BCUT2D eigenvalue weighted by molar-refractivity contribution is 5.62. The lowest BCUT2D eigenvalue weighted by atomic mass is 10.00. The molecule has 2 heterocycles. The first-order chi connectivity index (χ1) is 8.47. The van der Waals surface area contributed by atoms with E-state index in [2.05, 4.69) is 44.9 Å². The molecule has 3 nitrogen and oxygen atoms in total. The normalized spacial score (nSPS) is 11.5. The topological polar surface area (TPSA) is 30.7 Å². The van der Waals surface area contributed by atoms with Gasteiger partial charge in [-0.15, -0.1) is 0 Å². The molecule has 0 bridgehead atoms. The summed E-state index contributed by atoms with van der Waals surface area (Å²) in [6.07, 6.45) is 3.95. The van der Waals surface area contributed by atoms with Crippen molar-refractivity contribution in [3.8, 4) is 11.1 Å². The van der Waals surface area contributed by atoms with Gasteiger partial charge in [-0.3, -0.25) is 9.67 Å². The van der Waals surface area contributed by atoms with Gasteiger partial charge >= 0.3 is 0 Å². The summed E-state index contributed by atoms with van der Waals surface area (Å²) in [6.45, 7) is 8.72. The summed E-state index contributed by atoms with van der Waals surface area (Å²) in [5, 5.41) is 4.24. The molecule has 0 aliphatic heterocycles. The standard InChI is InChI=1S/C15H21N3/c1-10(2)14-6-12(7-15(17-14)11(3)4)13-8-16-18(5)9-13/h6-11H,1-5H3. The van der Waals surface area contributed by atoms with Gasteiger partial charge in [0.15, 0.2) is 0 Å². The summed E-state index contributed by atoms with van der Waals surface area (Å²) in [5.41, 5.74) is 4.68. The fraction of sp³-hybridized carbons (Fsp3) is 0.467. The van der Waals surface area contributed by atoms with Gasteiger partial charge in [0.25, 0.3) is 0 Å². The number of nitrogens with zero attached hydrogens (tertiary/aromatic N) is 3. The molecule has 0 N–H and O–H groups in total. The Morgan fingerprint density at radius 1 is 0.944 bits per heavy atom. The Bertz CT molecular complexity index is 512. The van der Waals surface area contributed by atoms with Crippen molar-refractivity contribution in [3.63, 3.8) is 0 Å². The lowest BCUT2D eigenvalue weighted by molar-refractivity contribution is 0.765. The minimum absolute atomic E-state index is 0.444. The number of aryl methyl sites for hydroxylation is 1. The Hall–Kier alpha value is -1.64. The highest BCUT2D eigenvalue weighted by Gasteiger charge is 2.10. The zero-order valence-electron chi connectivity index (χ0n) is 11.8. The molecule has 0 aliphatic rings. The molecule has 2 aromatic heterocycles. The van der Waals surface area contributed by atoms with Crippen LogP contribution in [0.1, 0.15) is 50.9 Å². The largest absolute Gasteiger partial charge is 0.275 e. The van der Waals surface area contributed by atoms with Crippen molar-refractivity contribution in [2.45, 2.75) is 39.5 Å². The van der Waals surface area contributed by atoms with E-state index in [0.717, 1.165) is 17.0 Å². The maximum absolute atomic E-state index is 4.74. The van der Waals surface area contributed by atoms with Crippen LogP contribution in [0.25, 0.3) is 11.1 Å². The number of hydrogen-bond acceptors (Lipinski definition) is 2. The molecule has 0 saturated carbocycles. The lowest BCUT2D eigenvalue weighted by Gasteiger charge is -2.12. The van der Waals surface area contributed by atoms with Gasteiger partial charge in [-0.1, -0.05) is 27.7 Å². The van der Waals surface area contributed by atoms with Gasteiger partial charge in [0.05, 0.1) is 6.20 Å². The molecule has 0 amide bonds. The summed E-state index contributed by atoms with van der Waals surface area (Å²) >= 11 is 0. The van der Waals surface area contributed by atoms with E-state index in [-0.39, 0.29) is 0 Å². The highest BCUT2D eigenvalue weighted by Crippen LogP contribution is 2.26. The first-order valence-electron chi connectivity index (χ1n) is 6.48. The van der Waals surface area contributed by atoms with Crippen LogP contribution in [0.15, 0.2) is 24.5 Å². The van der Waals surface area contributed by atoms with Crippen LogP contribution in [0.4, 0.5) is 0 Å². The second kappa shape index (κ2) is 4.92. The predicted octanol–water partition coefficient (Wildman–Crippen LogP) is 3.73. The third-order valence-corrected chi connectivity index (χ3v) is 3.09. The summed E-state index contributed by atoms with van der Waals surface area (Å²) in [6, 6.07) is 4.35. The van der Waals surface area contributed by atoms with Crippen molar-refractivity contribution in [1.29, 1.82) is 0 Å². The van der Waals surface area contributed by atoms with E-state index in [0.29, 0.717) is 11.8 Å². The minimum Gasteiger partial charge on any atom is -0.275 e. The zero-order valence-corrected chi connectivity index (χ0v) is 11.8. The Kier molecular flexibility index (Phi) is 3.50. The van der Waals surface area contributed by atoms with E-state index in [1.54, 1.807) is 0 Å².